The minimum absolute atomic E-state index is 0.150. The Labute approximate surface area is 162 Å². The summed E-state index contributed by atoms with van der Waals surface area (Å²) in [5.41, 5.74) is 2.11. The van der Waals surface area contributed by atoms with E-state index in [0.717, 1.165) is 40.4 Å². The molecule has 5 nitrogen and oxygen atoms in total. The highest BCUT2D eigenvalue weighted by molar-refractivity contribution is 9.10. The smallest absolute Gasteiger partial charge is 0.237 e. The first-order valence-electron chi connectivity index (χ1n) is 8.50. The number of hydrogen-bond donors (Lipinski definition) is 0. The van der Waals surface area contributed by atoms with Gasteiger partial charge in [0.25, 0.3) is 0 Å². The number of anilines is 1. The van der Waals surface area contributed by atoms with Crippen molar-refractivity contribution in [3.8, 4) is 0 Å². The lowest BCUT2D eigenvalue weighted by molar-refractivity contribution is -0.125. The predicted octanol–water partition coefficient (Wildman–Crippen LogP) is 3.77. The molecule has 3 heterocycles. The molecule has 132 valence electrons. The zero-order valence-electron chi connectivity index (χ0n) is 14.1. The van der Waals surface area contributed by atoms with Crippen LogP contribution in [0.2, 0.25) is 0 Å². The van der Waals surface area contributed by atoms with Crippen molar-refractivity contribution in [2.24, 2.45) is 0 Å². The van der Waals surface area contributed by atoms with Gasteiger partial charge in [-0.3, -0.25) is 4.79 Å². The average molecular weight is 430 g/mol. The number of benzene rings is 1. The maximum atomic E-state index is 13.1. The molecule has 0 radical (unpaired) electrons. The lowest BCUT2D eigenvalue weighted by atomic mass is 9.64. The molecule has 1 atom stereocenters. The molecule has 1 aliphatic heterocycles. The topological polar surface area (TPSA) is 61.2 Å². The number of amides is 1. The molecule has 0 N–H and O–H groups in total. The minimum Gasteiger partial charge on any atom is -0.587 e. The number of fused-ring (bicyclic) bond motifs is 4. The maximum absolute atomic E-state index is 13.1. The summed E-state index contributed by atoms with van der Waals surface area (Å²) in [7, 11) is 1.81. The minimum atomic E-state index is -1.40. The van der Waals surface area contributed by atoms with Crippen molar-refractivity contribution in [2.75, 3.05) is 11.9 Å². The maximum Gasteiger partial charge on any atom is 0.237 e. The second kappa shape index (κ2) is 5.58. The van der Waals surface area contributed by atoms with Gasteiger partial charge in [-0.05, 0) is 40.9 Å². The van der Waals surface area contributed by atoms with E-state index in [2.05, 4.69) is 20.9 Å². The van der Waals surface area contributed by atoms with Gasteiger partial charge in [-0.15, -0.1) is 3.97 Å². The van der Waals surface area contributed by atoms with E-state index in [1.54, 1.807) is 15.1 Å². The van der Waals surface area contributed by atoms with Crippen LogP contribution < -0.4 is 4.90 Å². The normalized spacial score (nSPS) is 19.0. The van der Waals surface area contributed by atoms with Crippen LogP contribution in [0.5, 0.6) is 0 Å². The van der Waals surface area contributed by atoms with Gasteiger partial charge in [0.15, 0.2) is 10.5 Å². The number of rotatable bonds is 2. The fourth-order valence-electron chi connectivity index (χ4n) is 4.16. The van der Waals surface area contributed by atoms with E-state index < -0.39 is 16.8 Å². The van der Waals surface area contributed by atoms with E-state index in [1.807, 2.05) is 43.6 Å². The van der Waals surface area contributed by atoms with Crippen LogP contribution in [0.25, 0.3) is 11.0 Å². The zero-order chi connectivity index (χ0) is 18.1. The van der Waals surface area contributed by atoms with Gasteiger partial charge in [-0.2, -0.15) is 0 Å². The Kier molecular flexibility index (Phi) is 3.51. The highest BCUT2D eigenvalue weighted by Gasteiger charge is 2.55. The molecule has 1 unspecified atom stereocenters. The van der Waals surface area contributed by atoms with Gasteiger partial charge >= 0.3 is 0 Å². The van der Waals surface area contributed by atoms with E-state index in [4.69, 9.17) is 0 Å². The molecule has 2 aliphatic rings. The van der Waals surface area contributed by atoms with Crippen LogP contribution in [0.4, 0.5) is 5.69 Å². The Morgan fingerprint density at radius 2 is 2.00 bits per heavy atom. The first kappa shape index (κ1) is 16.4. The van der Waals surface area contributed by atoms with Gasteiger partial charge in [-0.25, -0.2) is 4.98 Å². The number of halogens is 1. The van der Waals surface area contributed by atoms with Crippen LogP contribution in [0.15, 0.2) is 52.1 Å². The van der Waals surface area contributed by atoms with Crippen molar-refractivity contribution in [1.29, 1.82) is 0 Å². The summed E-state index contributed by atoms with van der Waals surface area (Å²) < 4.78 is 15.6. The van der Waals surface area contributed by atoms with Crippen LogP contribution in [-0.4, -0.2) is 26.5 Å². The summed E-state index contributed by atoms with van der Waals surface area (Å²) in [6.07, 6.45) is 6.34. The molecule has 5 rings (SSSR count). The van der Waals surface area contributed by atoms with Gasteiger partial charge in [0.2, 0.25) is 5.91 Å². The molecule has 1 aliphatic carbocycles. The number of likely N-dealkylation sites (N-methyl/N-ethyl adjacent to an activating group) is 1. The number of carbonyl (C=O) groups is 1. The fraction of sp³-hybridized carbons (Fsp3) is 0.263. The van der Waals surface area contributed by atoms with Crippen molar-refractivity contribution in [3.05, 3.63) is 52.8 Å². The van der Waals surface area contributed by atoms with Crippen molar-refractivity contribution in [1.82, 2.24) is 8.96 Å². The van der Waals surface area contributed by atoms with Gasteiger partial charge < -0.3 is 9.45 Å². The third kappa shape index (κ3) is 1.96. The molecular weight excluding hydrogens is 414 g/mol. The lowest BCUT2D eigenvalue weighted by Crippen LogP contribution is -2.43. The largest absolute Gasteiger partial charge is 0.587 e. The van der Waals surface area contributed by atoms with Crippen molar-refractivity contribution in [2.45, 2.75) is 29.6 Å². The fourth-order valence-corrected chi connectivity index (χ4v) is 5.99. The Morgan fingerprint density at radius 3 is 2.65 bits per heavy atom. The Bertz CT molecular complexity index is 1050. The van der Waals surface area contributed by atoms with E-state index in [1.165, 1.54) is 0 Å². The molecule has 2 aromatic heterocycles. The van der Waals surface area contributed by atoms with E-state index in [0.29, 0.717) is 10.5 Å². The zero-order valence-corrected chi connectivity index (χ0v) is 16.5. The van der Waals surface area contributed by atoms with Crippen molar-refractivity contribution >= 4 is 49.9 Å². The van der Waals surface area contributed by atoms with Gasteiger partial charge in [0.1, 0.15) is 11.4 Å². The van der Waals surface area contributed by atoms with Crippen molar-refractivity contribution < 1.29 is 9.35 Å². The predicted molar refractivity (Wildman–Crippen MR) is 105 cm³/mol. The van der Waals surface area contributed by atoms with Gasteiger partial charge in [0.05, 0.1) is 23.5 Å². The van der Waals surface area contributed by atoms with Crippen LogP contribution in [0, 0.1) is 0 Å². The molecular formula is C19H16BrN3O2S. The molecule has 0 saturated heterocycles. The molecule has 1 saturated carbocycles. The summed E-state index contributed by atoms with van der Waals surface area (Å²) >= 11 is 2.23. The van der Waals surface area contributed by atoms with E-state index >= 15 is 0 Å². The molecule has 1 spiro atoms. The first-order chi connectivity index (χ1) is 12.5. The number of nitrogens with zero attached hydrogens (tertiary/aromatic N) is 3. The lowest BCUT2D eigenvalue weighted by Gasteiger charge is -2.37. The summed E-state index contributed by atoms with van der Waals surface area (Å²) in [4.78, 5) is 19.9. The van der Waals surface area contributed by atoms with E-state index in [9.17, 15) is 9.35 Å². The highest BCUT2D eigenvalue weighted by atomic mass is 79.9. The highest BCUT2D eigenvalue weighted by Crippen LogP contribution is 2.56. The van der Waals surface area contributed by atoms with Gasteiger partial charge in [0, 0.05) is 22.5 Å². The number of hydrogen-bond acceptors (Lipinski definition) is 3. The number of aromatic nitrogens is 2. The third-order valence-electron chi connectivity index (χ3n) is 5.60. The molecule has 3 aromatic rings. The summed E-state index contributed by atoms with van der Waals surface area (Å²) in [5, 5.41) is 0.907. The first-order valence-corrected chi connectivity index (χ1v) is 10.4. The molecule has 0 bridgehead atoms. The standard InChI is InChI=1S/C19H16BrN3O2S/c1-22-14-10-21-17-15(16(14)19(18(22)24)8-5-9-19)13(20)11-23(17)26(25)12-6-3-2-4-7-12/h2-4,6-7,10-11H,5,8-9H2,1H3. The SMILES string of the molecule is CN1C(=O)C2(CCC2)c2c1cnc1c2c(Br)cn1[S+]([O-])c1ccccc1. The number of carbonyl (C=O) groups excluding carboxylic acids is 1. The Morgan fingerprint density at radius 1 is 1.27 bits per heavy atom. The van der Waals surface area contributed by atoms with Crippen LogP contribution >= 0.6 is 15.9 Å². The molecule has 1 aromatic carbocycles. The second-order valence-corrected chi connectivity index (χ2v) is 9.10. The molecule has 1 amide bonds. The van der Waals surface area contributed by atoms with Crippen LogP contribution in [0.1, 0.15) is 24.8 Å². The second-order valence-electron chi connectivity index (χ2n) is 6.88. The molecule has 7 heteroatoms. The molecule has 26 heavy (non-hydrogen) atoms. The monoisotopic (exact) mass is 429 g/mol. The molecule has 1 fully saturated rings. The summed E-state index contributed by atoms with van der Waals surface area (Å²) in [5.74, 6) is 0.150. The Balaban J connectivity index is 1.76. The van der Waals surface area contributed by atoms with Crippen LogP contribution in [-0.2, 0) is 21.6 Å². The number of pyridine rings is 1. The summed E-state index contributed by atoms with van der Waals surface area (Å²) in [6.45, 7) is 0. The quantitative estimate of drug-likeness (QED) is 0.582. The van der Waals surface area contributed by atoms with Gasteiger partial charge in [-0.1, -0.05) is 24.6 Å². The van der Waals surface area contributed by atoms with Crippen LogP contribution in [0.3, 0.4) is 0 Å². The van der Waals surface area contributed by atoms with Crippen molar-refractivity contribution in [3.63, 3.8) is 0 Å². The Hall–Kier alpha value is -1.83. The van der Waals surface area contributed by atoms with E-state index in [-0.39, 0.29) is 5.91 Å². The third-order valence-corrected chi connectivity index (χ3v) is 7.51. The summed E-state index contributed by atoms with van der Waals surface area (Å²) in [6, 6.07) is 9.32. The average Bonchev–Trinajstić information content (AvgIpc) is 3.08.